The van der Waals surface area contributed by atoms with Gasteiger partial charge in [0.25, 0.3) is 6.47 Å². The van der Waals surface area contributed by atoms with Gasteiger partial charge < -0.3 is 18.9 Å². The summed E-state index contributed by atoms with van der Waals surface area (Å²) in [6.45, 7) is 7.96. The van der Waals surface area contributed by atoms with E-state index in [1.54, 1.807) is 6.92 Å². The molecule has 0 radical (unpaired) electrons. The summed E-state index contributed by atoms with van der Waals surface area (Å²) in [5, 5.41) is 0. The van der Waals surface area contributed by atoms with Crippen LogP contribution in [-0.4, -0.2) is 50.1 Å². The van der Waals surface area contributed by atoms with Gasteiger partial charge >= 0.3 is 5.97 Å². The number of esters is 1. The van der Waals surface area contributed by atoms with E-state index in [-0.39, 0.29) is 37.6 Å². The Hall–Kier alpha value is -1.40. The van der Waals surface area contributed by atoms with Crippen molar-refractivity contribution in [1.82, 2.24) is 0 Å². The Kier molecular flexibility index (Phi) is 4.77. The molecule has 2 fully saturated rings. The van der Waals surface area contributed by atoms with E-state index in [4.69, 9.17) is 18.9 Å². The van der Waals surface area contributed by atoms with E-state index in [0.717, 1.165) is 6.42 Å². The molecule has 0 aromatic carbocycles. The molecule has 2 heterocycles. The zero-order chi connectivity index (χ0) is 14.7. The van der Waals surface area contributed by atoms with Crippen molar-refractivity contribution in [2.45, 2.75) is 44.7 Å². The minimum Gasteiger partial charge on any atom is -0.460 e. The van der Waals surface area contributed by atoms with E-state index < -0.39 is 5.97 Å². The first-order chi connectivity index (χ1) is 9.54. The van der Waals surface area contributed by atoms with Gasteiger partial charge in [-0.25, -0.2) is 4.79 Å². The van der Waals surface area contributed by atoms with Crippen molar-refractivity contribution in [3.63, 3.8) is 0 Å². The molecule has 5 atom stereocenters. The number of hydrogen-bond donors (Lipinski definition) is 0. The molecule has 0 aromatic heterocycles. The second kappa shape index (κ2) is 6.37. The molecule has 2 bridgehead atoms. The molecule has 0 saturated carbocycles. The van der Waals surface area contributed by atoms with Crippen LogP contribution in [0.15, 0.2) is 12.2 Å². The van der Waals surface area contributed by atoms with Crippen LogP contribution in [0, 0.1) is 5.92 Å². The summed E-state index contributed by atoms with van der Waals surface area (Å²) in [5.41, 5.74) is 0.351. The van der Waals surface area contributed by atoms with Crippen LogP contribution in [-0.2, 0) is 28.5 Å². The summed E-state index contributed by atoms with van der Waals surface area (Å²) in [4.78, 5) is 21.8. The predicted molar refractivity (Wildman–Crippen MR) is 68.9 cm³/mol. The SMILES string of the molecule is C=C(C)C(=O)OCCOC1C2CC(C)C(O2)C1OC=O. The highest BCUT2D eigenvalue weighted by atomic mass is 16.6. The molecule has 0 aromatic rings. The van der Waals surface area contributed by atoms with Gasteiger partial charge in [0.05, 0.1) is 12.7 Å². The summed E-state index contributed by atoms with van der Waals surface area (Å²) >= 11 is 0. The van der Waals surface area contributed by atoms with Crippen LogP contribution in [0.1, 0.15) is 20.3 Å². The maximum absolute atomic E-state index is 11.2. The van der Waals surface area contributed by atoms with Crippen LogP contribution < -0.4 is 0 Å². The number of carbonyl (C=O) groups excluding carboxylic acids is 2. The van der Waals surface area contributed by atoms with Gasteiger partial charge in [-0.1, -0.05) is 13.5 Å². The zero-order valence-corrected chi connectivity index (χ0v) is 11.7. The van der Waals surface area contributed by atoms with Crippen molar-refractivity contribution in [2.75, 3.05) is 13.2 Å². The number of ether oxygens (including phenoxy) is 4. The summed E-state index contributed by atoms with van der Waals surface area (Å²) in [5.74, 6) is -0.0850. The molecule has 2 aliphatic rings. The molecule has 20 heavy (non-hydrogen) atoms. The quantitative estimate of drug-likeness (QED) is 0.298. The molecule has 6 nitrogen and oxygen atoms in total. The number of carbonyl (C=O) groups is 2. The minimum atomic E-state index is -0.438. The third-order valence-electron chi connectivity index (χ3n) is 3.70. The first-order valence-electron chi connectivity index (χ1n) is 6.73. The van der Waals surface area contributed by atoms with Gasteiger partial charge in [-0.05, 0) is 19.3 Å². The smallest absolute Gasteiger partial charge is 0.333 e. The van der Waals surface area contributed by atoms with Crippen molar-refractivity contribution in [2.24, 2.45) is 5.92 Å². The highest BCUT2D eigenvalue weighted by molar-refractivity contribution is 5.86. The molecule has 0 aliphatic carbocycles. The Morgan fingerprint density at radius 2 is 2.15 bits per heavy atom. The van der Waals surface area contributed by atoms with Crippen LogP contribution in [0.3, 0.4) is 0 Å². The van der Waals surface area contributed by atoms with E-state index in [1.807, 2.05) is 0 Å². The lowest BCUT2D eigenvalue weighted by Crippen LogP contribution is -2.44. The lowest BCUT2D eigenvalue weighted by molar-refractivity contribution is -0.148. The maximum atomic E-state index is 11.2. The zero-order valence-electron chi connectivity index (χ0n) is 11.7. The largest absolute Gasteiger partial charge is 0.460 e. The summed E-state index contributed by atoms with van der Waals surface area (Å²) in [6, 6.07) is 0. The normalized spacial score (nSPS) is 34.8. The molecular formula is C14H20O6. The van der Waals surface area contributed by atoms with E-state index in [1.165, 1.54) is 0 Å². The molecular weight excluding hydrogens is 264 g/mol. The standard InChI is InChI=1S/C14H20O6/c1-8(2)14(16)18-5-4-17-12-10-6-9(3)11(20-10)13(12)19-7-15/h7,9-13H,1,4-6H2,2-3H3. The Labute approximate surface area is 118 Å². The maximum Gasteiger partial charge on any atom is 0.333 e. The van der Waals surface area contributed by atoms with Crippen molar-refractivity contribution in [1.29, 1.82) is 0 Å². The van der Waals surface area contributed by atoms with Crippen molar-refractivity contribution < 1.29 is 28.5 Å². The average Bonchev–Trinajstić information content (AvgIpc) is 2.92. The number of hydrogen-bond acceptors (Lipinski definition) is 6. The Morgan fingerprint density at radius 1 is 1.40 bits per heavy atom. The van der Waals surface area contributed by atoms with Gasteiger partial charge in [-0.3, -0.25) is 4.79 Å². The van der Waals surface area contributed by atoms with E-state index in [9.17, 15) is 9.59 Å². The molecule has 5 unspecified atom stereocenters. The van der Waals surface area contributed by atoms with Gasteiger partial charge in [0.1, 0.15) is 18.8 Å². The average molecular weight is 284 g/mol. The number of fused-ring (bicyclic) bond motifs is 2. The van der Waals surface area contributed by atoms with E-state index in [2.05, 4.69) is 13.5 Å². The van der Waals surface area contributed by atoms with Crippen LogP contribution in [0.2, 0.25) is 0 Å². The lowest BCUT2D eigenvalue weighted by atomic mass is 9.86. The summed E-state index contributed by atoms with van der Waals surface area (Å²) in [6.07, 6.45) is 0.0626. The fraction of sp³-hybridized carbons (Fsp3) is 0.714. The van der Waals surface area contributed by atoms with Gasteiger partial charge in [-0.2, -0.15) is 0 Å². The fourth-order valence-electron chi connectivity index (χ4n) is 2.77. The first-order valence-corrected chi connectivity index (χ1v) is 6.73. The van der Waals surface area contributed by atoms with Crippen molar-refractivity contribution in [3.05, 3.63) is 12.2 Å². The second-order valence-electron chi connectivity index (χ2n) is 5.30. The first kappa shape index (κ1) is 15.0. The van der Waals surface area contributed by atoms with E-state index >= 15 is 0 Å². The molecule has 0 amide bonds. The third kappa shape index (κ3) is 3.02. The number of rotatable bonds is 7. The van der Waals surface area contributed by atoms with Gasteiger partial charge in [0.2, 0.25) is 0 Å². The molecule has 112 valence electrons. The summed E-state index contributed by atoms with van der Waals surface area (Å²) in [7, 11) is 0. The monoisotopic (exact) mass is 284 g/mol. The van der Waals surface area contributed by atoms with E-state index in [0.29, 0.717) is 18.0 Å². The second-order valence-corrected chi connectivity index (χ2v) is 5.30. The highest BCUT2D eigenvalue weighted by Gasteiger charge is 2.54. The molecule has 2 aliphatic heterocycles. The summed E-state index contributed by atoms with van der Waals surface area (Å²) < 4.78 is 21.4. The van der Waals surface area contributed by atoms with Crippen molar-refractivity contribution in [3.8, 4) is 0 Å². The third-order valence-corrected chi connectivity index (χ3v) is 3.70. The molecule has 2 rings (SSSR count). The topological polar surface area (TPSA) is 71.1 Å². The molecule has 6 heteroatoms. The van der Waals surface area contributed by atoms with Crippen LogP contribution in [0.25, 0.3) is 0 Å². The van der Waals surface area contributed by atoms with Crippen LogP contribution >= 0.6 is 0 Å². The van der Waals surface area contributed by atoms with Crippen LogP contribution in [0.4, 0.5) is 0 Å². The van der Waals surface area contributed by atoms with Crippen molar-refractivity contribution >= 4 is 12.4 Å². The minimum absolute atomic E-state index is 0.0585. The fourth-order valence-corrected chi connectivity index (χ4v) is 2.77. The van der Waals surface area contributed by atoms with Gasteiger partial charge in [0, 0.05) is 5.57 Å². The lowest BCUT2D eigenvalue weighted by Gasteiger charge is -2.29. The van der Waals surface area contributed by atoms with Gasteiger partial charge in [-0.15, -0.1) is 0 Å². The Morgan fingerprint density at radius 3 is 2.80 bits per heavy atom. The Bertz CT molecular complexity index is 393. The van der Waals surface area contributed by atoms with Gasteiger partial charge in [0.15, 0.2) is 6.10 Å². The molecule has 0 N–H and O–H groups in total. The van der Waals surface area contributed by atoms with Crippen LogP contribution in [0.5, 0.6) is 0 Å². The molecule has 0 spiro atoms. The highest BCUT2D eigenvalue weighted by Crippen LogP contribution is 2.41. The molecule has 2 saturated heterocycles. The predicted octanol–water partition coefficient (Wildman–Crippen LogP) is 0.840. The Balaban J connectivity index is 1.79.